The van der Waals surface area contributed by atoms with E-state index < -0.39 is 34.0 Å². The molecule has 1 aliphatic rings. The van der Waals surface area contributed by atoms with E-state index in [4.69, 9.17) is 9.47 Å². The van der Waals surface area contributed by atoms with Crippen LogP contribution in [-0.2, 0) is 29.0 Å². The smallest absolute Gasteiger partial charge is 0.338 e. The van der Waals surface area contributed by atoms with Crippen LogP contribution < -0.4 is 5.32 Å². The van der Waals surface area contributed by atoms with Gasteiger partial charge in [-0.15, -0.1) is 0 Å². The van der Waals surface area contributed by atoms with Gasteiger partial charge in [-0.3, -0.25) is 4.79 Å². The molecule has 33 heavy (non-hydrogen) atoms. The summed E-state index contributed by atoms with van der Waals surface area (Å²) in [6.45, 7) is 2.55. The fraction of sp³-hybridized carbons (Fsp3) is 0.318. The molecule has 0 aromatic heterocycles. The summed E-state index contributed by atoms with van der Waals surface area (Å²) < 4.78 is 41.9. The fourth-order valence-electron chi connectivity index (χ4n) is 3.06. The van der Waals surface area contributed by atoms with Gasteiger partial charge in [-0.05, 0) is 49.4 Å². The Morgan fingerprint density at radius 3 is 2.21 bits per heavy atom. The molecule has 2 aromatic rings. The van der Waals surface area contributed by atoms with Crippen molar-refractivity contribution in [3.05, 3.63) is 59.7 Å². The highest BCUT2D eigenvalue weighted by Crippen LogP contribution is 2.21. The number of anilines is 1. The van der Waals surface area contributed by atoms with E-state index >= 15 is 0 Å². The third-order valence-corrected chi connectivity index (χ3v) is 6.80. The van der Waals surface area contributed by atoms with Gasteiger partial charge in [0.25, 0.3) is 5.91 Å². The lowest BCUT2D eigenvalue weighted by atomic mass is 10.1. The molecule has 1 N–H and O–H groups in total. The summed E-state index contributed by atoms with van der Waals surface area (Å²) in [5.74, 6) is -1.92. The van der Waals surface area contributed by atoms with Gasteiger partial charge in [0.1, 0.15) is 0 Å². The van der Waals surface area contributed by atoms with E-state index in [1.807, 2.05) is 0 Å². The van der Waals surface area contributed by atoms with Crippen LogP contribution in [0.5, 0.6) is 0 Å². The summed E-state index contributed by atoms with van der Waals surface area (Å²) in [4.78, 5) is 36.3. The Labute approximate surface area is 191 Å². The standard InChI is InChI=1S/C22H24N2O8S/c1-15(32-22(27)17-8-6-16(7-9-17)21(26)30-2)20(25)23-18-4-3-5-19(14-18)33(28,29)24-10-12-31-13-11-24/h3-9,14-15H,10-13H2,1-2H3,(H,23,25). The van der Waals surface area contributed by atoms with Crippen LogP contribution >= 0.6 is 0 Å². The van der Waals surface area contributed by atoms with Crippen molar-refractivity contribution in [2.75, 3.05) is 38.7 Å². The molecule has 1 unspecified atom stereocenters. The zero-order valence-corrected chi connectivity index (χ0v) is 19.0. The quantitative estimate of drug-likeness (QED) is 0.598. The number of methoxy groups -OCH3 is 1. The van der Waals surface area contributed by atoms with Gasteiger partial charge in [0, 0.05) is 18.8 Å². The lowest BCUT2D eigenvalue weighted by Gasteiger charge is -2.26. The van der Waals surface area contributed by atoms with E-state index in [0.717, 1.165) is 0 Å². The van der Waals surface area contributed by atoms with Crippen molar-refractivity contribution in [2.24, 2.45) is 0 Å². The molecule has 0 saturated carbocycles. The van der Waals surface area contributed by atoms with Gasteiger partial charge in [0.05, 0.1) is 36.3 Å². The first-order valence-electron chi connectivity index (χ1n) is 10.1. The molecule has 1 aliphatic heterocycles. The van der Waals surface area contributed by atoms with Gasteiger partial charge < -0.3 is 19.5 Å². The van der Waals surface area contributed by atoms with Crippen molar-refractivity contribution in [1.82, 2.24) is 4.31 Å². The summed E-state index contributed by atoms with van der Waals surface area (Å²) in [7, 11) is -2.47. The minimum absolute atomic E-state index is 0.0394. The fourth-order valence-corrected chi connectivity index (χ4v) is 4.51. The van der Waals surface area contributed by atoms with Gasteiger partial charge in [0.2, 0.25) is 10.0 Å². The second kappa shape index (κ2) is 10.6. The van der Waals surface area contributed by atoms with Crippen molar-refractivity contribution >= 4 is 33.6 Å². The Hall–Kier alpha value is -3.28. The zero-order valence-electron chi connectivity index (χ0n) is 18.1. The van der Waals surface area contributed by atoms with Crippen LogP contribution in [0.25, 0.3) is 0 Å². The van der Waals surface area contributed by atoms with Crippen LogP contribution in [0.4, 0.5) is 5.69 Å². The minimum atomic E-state index is -3.72. The molecule has 3 rings (SSSR count). The largest absolute Gasteiger partial charge is 0.465 e. The molecular formula is C22H24N2O8S. The number of rotatable bonds is 7. The van der Waals surface area contributed by atoms with E-state index in [2.05, 4.69) is 10.1 Å². The van der Waals surface area contributed by atoms with Crippen LogP contribution in [0, 0.1) is 0 Å². The highest BCUT2D eigenvalue weighted by Gasteiger charge is 2.27. The summed E-state index contributed by atoms with van der Waals surface area (Å²) in [5.41, 5.74) is 0.673. The Morgan fingerprint density at radius 2 is 1.61 bits per heavy atom. The van der Waals surface area contributed by atoms with Crippen molar-refractivity contribution in [2.45, 2.75) is 17.9 Å². The molecule has 0 aliphatic carbocycles. The maximum absolute atomic E-state index is 12.8. The lowest BCUT2D eigenvalue weighted by molar-refractivity contribution is -0.123. The van der Waals surface area contributed by atoms with Crippen molar-refractivity contribution in [3.63, 3.8) is 0 Å². The maximum Gasteiger partial charge on any atom is 0.338 e. The van der Waals surface area contributed by atoms with E-state index in [9.17, 15) is 22.8 Å². The topological polar surface area (TPSA) is 128 Å². The number of amides is 1. The Balaban J connectivity index is 1.63. The Kier molecular flexibility index (Phi) is 7.79. The Bertz CT molecular complexity index is 1130. The molecule has 0 radical (unpaired) electrons. The third-order valence-electron chi connectivity index (χ3n) is 4.90. The predicted molar refractivity (Wildman–Crippen MR) is 117 cm³/mol. The van der Waals surface area contributed by atoms with Crippen LogP contribution in [0.2, 0.25) is 0 Å². The van der Waals surface area contributed by atoms with Crippen molar-refractivity contribution in [1.29, 1.82) is 0 Å². The van der Waals surface area contributed by atoms with Crippen LogP contribution in [0.3, 0.4) is 0 Å². The molecule has 1 saturated heterocycles. The second-order valence-corrected chi connectivity index (χ2v) is 9.09. The van der Waals surface area contributed by atoms with Gasteiger partial charge in [-0.1, -0.05) is 6.07 Å². The number of nitrogens with zero attached hydrogens (tertiary/aromatic N) is 1. The number of nitrogens with one attached hydrogen (secondary N) is 1. The summed E-state index contributed by atoms with van der Waals surface area (Å²) in [6, 6.07) is 11.4. The van der Waals surface area contributed by atoms with E-state index in [-0.39, 0.29) is 34.8 Å². The molecule has 1 heterocycles. The van der Waals surface area contributed by atoms with Crippen LogP contribution in [0.1, 0.15) is 27.6 Å². The number of sulfonamides is 1. The van der Waals surface area contributed by atoms with Crippen LogP contribution in [-0.4, -0.2) is 70.1 Å². The monoisotopic (exact) mass is 476 g/mol. The molecule has 0 bridgehead atoms. The number of esters is 2. The average molecular weight is 477 g/mol. The van der Waals surface area contributed by atoms with Crippen molar-refractivity contribution in [3.8, 4) is 0 Å². The van der Waals surface area contributed by atoms with Crippen LogP contribution in [0.15, 0.2) is 53.4 Å². The summed E-state index contributed by atoms with van der Waals surface area (Å²) in [5, 5.41) is 2.56. The molecule has 1 amide bonds. The van der Waals surface area contributed by atoms with Gasteiger partial charge in [-0.25, -0.2) is 18.0 Å². The molecule has 1 atom stereocenters. The van der Waals surface area contributed by atoms with Gasteiger partial charge in [0.15, 0.2) is 6.10 Å². The molecular weight excluding hydrogens is 452 g/mol. The number of hydrogen-bond donors (Lipinski definition) is 1. The molecule has 11 heteroatoms. The van der Waals surface area contributed by atoms with E-state index in [1.54, 1.807) is 0 Å². The summed E-state index contributed by atoms with van der Waals surface area (Å²) >= 11 is 0. The molecule has 1 fully saturated rings. The molecule has 0 spiro atoms. The second-order valence-electron chi connectivity index (χ2n) is 7.15. The average Bonchev–Trinajstić information content (AvgIpc) is 2.84. The summed E-state index contributed by atoms with van der Waals surface area (Å²) in [6.07, 6.45) is -1.16. The third kappa shape index (κ3) is 5.95. The number of carbonyl (C=O) groups is 3. The maximum atomic E-state index is 12.8. The van der Waals surface area contributed by atoms with Crippen molar-refractivity contribution < 1.29 is 37.0 Å². The normalized spacial score (nSPS) is 15.3. The van der Waals surface area contributed by atoms with Gasteiger partial charge in [-0.2, -0.15) is 4.31 Å². The number of benzene rings is 2. The first-order valence-corrected chi connectivity index (χ1v) is 11.5. The van der Waals surface area contributed by atoms with E-state index in [1.165, 1.54) is 66.9 Å². The highest BCUT2D eigenvalue weighted by molar-refractivity contribution is 7.89. The highest BCUT2D eigenvalue weighted by atomic mass is 32.2. The first-order chi connectivity index (χ1) is 15.7. The molecule has 10 nitrogen and oxygen atoms in total. The van der Waals surface area contributed by atoms with E-state index in [0.29, 0.717) is 13.2 Å². The zero-order chi connectivity index (χ0) is 24.0. The Morgan fingerprint density at radius 1 is 1.00 bits per heavy atom. The minimum Gasteiger partial charge on any atom is -0.465 e. The SMILES string of the molecule is COC(=O)c1ccc(C(=O)OC(C)C(=O)Nc2cccc(S(=O)(=O)N3CCOCC3)c2)cc1. The lowest BCUT2D eigenvalue weighted by Crippen LogP contribution is -2.40. The molecule has 2 aromatic carbocycles. The number of morpholine rings is 1. The number of hydrogen-bond acceptors (Lipinski definition) is 8. The number of ether oxygens (including phenoxy) is 3. The first kappa shape index (κ1) is 24.4. The molecule has 176 valence electrons. The van der Waals surface area contributed by atoms with Gasteiger partial charge >= 0.3 is 11.9 Å². The predicted octanol–water partition coefficient (Wildman–Crippen LogP) is 1.68. The number of carbonyl (C=O) groups excluding carboxylic acids is 3.